The van der Waals surface area contributed by atoms with Gasteiger partial charge in [-0.2, -0.15) is 0 Å². The average molecular weight is 352 g/mol. The van der Waals surface area contributed by atoms with Gasteiger partial charge in [0.25, 0.3) is 0 Å². The molecule has 0 aromatic heterocycles. The van der Waals surface area contributed by atoms with E-state index in [1.165, 1.54) is 0 Å². The van der Waals surface area contributed by atoms with E-state index in [0.29, 0.717) is 11.5 Å². The number of benzene rings is 2. The number of hydrogen-bond acceptors (Lipinski definition) is 4. The van der Waals surface area contributed by atoms with Crippen LogP contribution in [-0.2, 0) is 0 Å². The van der Waals surface area contributed by atoms with E-state index in [1.807, 2.05) is 72.9 Å². The summed E-state index contributed by atoms with van der Waals surface area (Å²) in [6.45, 7) is 0. The molecule has 0 aliphatic rings. The van der Waals surface area contributed by atoms with Crippen molar-refractivity contribution < 1.29 is 18.9 Å². The fourth-order valence-corrected chi connectivity index (χ4v) is 2.53. The molecule has 0 fully saturated rings. The molecular formula is C22H24O4. The molecule has 0 unspecified atom stereocenters. The normalized spacial score (nSPS) is 11.4. The molecule has 136 valence electrons. The first-order chi connectivity index (χ1) is 12.7. The summed E-state index contributed by atoms with van der Waals surface area (Å²) in [7, 11) is 6.52. The van der Waals surface area contributed by atoms with Crippen molar-refractivity contribution in [3.05, 3.63) is 71.8 Å². The zero-order chi connectivity index (χ0) is 18.8. The highest BCUT2D eigenvalue weighted by Crippen LogP contribution is 2.32. The van der Waals surface area contributed by atoms with Crippen molar-refractivity contribution >= 4 is 12.2 Å². The van der Waals surface area contributed by atoms with Crippen LogP contribution in [0.5, 0.6) is 23.0 Å². The van der Waals surface area contributed by atoms with E-state index >= 15 is 0 Å². The van der Waals surface area contributed by atoms with Crippen LogP contribution in [0.25, 0.3) is 12.2 Å². The van der Waals surface area contributed by atoms with Gasteiger partial charge < -0.3 is 18.9 Å². The summed E-state index contributed by atoms with van der Waals surface area (Å²) >= 11 is 0. The Labute approximate surface area is 155 Å². The molecule has 0 bridgehead atoms. The highest BCUT2D eigenvalue weighted by molar-refractivity contribution is 5.64. The second-order valence-corrected chi connectivity index (χ2v) is 5.27. The van der Waals surface area contributed by atoms with Crippen molar-refractivity contribution in [2.24, 2.45) is 0 Å². The van der Waals surface area contributed by atoms with Gasteiger partial charge in [-0.3, -0.25) is 0 Å². The Morgan fingerprint density at radius 1 is 0.538 bits per heavy atom. The Morgan fingerprint density at radius 2 is 0.962 bits per heavy atom. The molecule has 0 saturated heterocycles. The molecule has 0 radical (unpaired) electrons. The van der Waals surface area contributed by atoms with Crippen LogP contribution in [0.3, 0.4) is 0 Å². The number of methoxy groups -OCH3 is 4. The molecule has 0 amide bonds. The molecule has 4 nitrogen and oxygen atoms in total. The largest absolute Gasteiger partial charge is 0.493 e. The Balaban J connectivity index is 2.09. The van der Waals surface area contributed by atoms with Crippen molar-refractivity contribution in [2.75, 3.05) is 28.4 Å². The molecular weight excluding hydrogens is 328 g/mol. The first-order valence-corrected chi connectivity index (χ1v) is 8.18. The number of para-hydroxylation sites is 2. The fourth-order valence-electron chi connectivity index (χ4n) is 2.53. The fraction of sp³-hybridized carbons (Fsp3) is 0.182. The molecule has 0 spiro atoms. The number of ether oxygens (including phenoxy) is 4. The maximum Gasteiger partial charge on any atom is 0.167 e. The van der Waals surface area contributed by atoms with Crippen LogP contribution >= 0.6 is 0 Å². The van der Waals surface area contributed by atoms with E-state index in [4.69, 9.17) is 18.9 Å². The van der Waals surface area contributed by atoms with Crippen LogP contribution in [-0.4, -0.2) is 28.4 Å². The van der Waals surface area contributed by atoms with Gasteiger partial charge in [0.2, 0.25) is 0 Å². The molecule has 0 N–H and O–H groups in total. The minimum atomic E-state index is 0.712. The number of hydrogen-bond donors (Lipinski definition) is 0. The maximum atomic E-state index is 5.41. The molecule has 0 heterocycles. The predicted octanol–water partition coefficient (Wildman–Crippen LogP) is 5.00. The zero-order valence-corrected chi connectivity index (χ0v) is 15.6. The summed E-state index contributed by atoms with van der Waals surface area (Å²) in [4.78, 5) is 0. The minimum absolute atomic E-state index is 0.712. The SMILES string of the molecule is COc1cccc(/C=C/C=C/C=C/c2cccc(OC)c2OC)c1OC. The van der Waals surface area contributed by atoms with Crippen LogP contribution in [0, 0.1) is 0 Å². The van der Waals surface area contributed by atoms with Gasteiger partial charge in [0.05, 0.1) is 28.4 Å². The van der Waals surface area contributed by atoms with Gasteiger partial charge in [-0.05, 0) is 12.1 Å². The Morgan fingerprint density at radius 3 is 1.31 bits per heavy atom. The van der Waals surface area contributed by atoms with Crippen molar-refractivity contribution in [1.82, 2.24) is 0 Å². The first-order valence-electron chi connectivity index (χ1n) is 8.18. The molecule has 26 heavy (non-hydrogen) atoms. The maximum absolute atomic E-state index is 5.41. The summed E-state index contributed by atoms with van der Waals surface area (Å²) in [5.74, 6) is 2.86. The van der Waals surface area contributed by atoms with Crippen molar-refractivity contribution in [1.29, 1.82) is 0 Å². The lowest BCUT2D eigenvalue weighted by Gasteiger charge is -2.09. The van der Waals surface area contributed by atoms with Gasteiger partial charge in [0, 0.05) is 11.1 Å². The molecule has 0 aliphatic heterocycles. The average Bonchev–Trinajstić information content (AvgIpc) is 2.69. The van der Waals surface area contributed by atoms with Gasteiger partial charge >= 0.3 is 0 Å². The second kappa shape index (κ2) is 9.99. The van der Waals surface area contributed by atoms with Crippen molar-refractivity contribution in [3.8, 4) is 23.0 Å². The second-order valence-electron chi connectivity index (χ2n) is 5.27. The lowest BCUT2D eigenvalue weighted by atomic mass is 10.1. The van der Waals surface area contributed by atoms with Crippen LogP contribution < -0.4 is 18.9 Å². The van der Waals surface area contributed by atoms with Gasteiger partial charge in [0.1, 0.15) is 0 Å². The summed E-state index contributed by atoms with van der Waals surface area (Å²) in [5.41, 5.74) is 1.91. The van der Waals surface area contributed by atoms with Crippen molar-refractivity contribution in [2.45, 2.75) is 0 Å². The Kier molecular flexibility index (Phi) is 7.37. The zero-order valence-electron chi connectivity index (χ0n) is 15.6. The molecule has 0 saturated carbocycles. The van der Waals surface area contributed by atoms with Gasteiger partial charge in [-0.15, -0.1) is 0 Å². The summed E-state index contributed by atoms with van der Waals surface area (Å²) in [5, 5.41) is 0. The van der Waals surface area contributed by atoms with E-state index < -0.39 is 0 Å². The minimum Gasteiger partial charge on any atom is -0.493 e. The third kappa shape index (κ3) is 4.70. The summed E-state index contributed by atoms with van der Waals surface area (Å²) in [6.07, 6.45) is 11.7. The topological polar surface area (TPSA) is 36.9 Å². The summed E-state index contributed by atoms with van der Waals surface area (Å²) in [6, 6.07) is 11.6. The van der Waals surface area contributed by atoms with E-state index in [2.05, 4.69) is 0 Å². The molecule has 2 aromatic rings. The third-order valence-corrected chi connectivity index (χ3v) is 3.75. The molecule has 2 rings (SSSR count). The number of rotatable bonds is 8. The van der Waals surface area contributed by atoms with E-state index in [-0.39, 0.29) is 0 Å². The molecule has 4 heteroatoms. The summed E-state index contributed by atoms with van der Waals surface area (Å²) < 4.78 is 21.4. The predicted molar refractivity (Wildman–Crippen MR) is 106 cm³/mol. The van der Waals surface area contributed by atoms with E-state index in [0.717, 1.165) is 22.6 Å². The van der Waals surface area contributed by atoms with Crippen LogP contribution in [0.1, 0.15) is 11.1 Å². The van der Waals surface area contributed by atoms with Gasteiger partial charge in [-0.1, -0.05) is 60.7 Å². The smallest absolute Gasteiger partial charge is 0.167 e. The van der Waals surface area contributed by atoms with E-state index in [1.54, 1.807) is 28.4 Å². The Bertz CT molecular complexity index is 736. The molecule has 0 aliphatic carbocycles. The van der Waals surface area contributed by atoms with Gasteiger partial charge in [0.15, 0.2) is 23.0 Å². The Hall–Kier alpha value is -3.14. The van der Waals surface area contributed by atoms with Crippen LogP contribution in [0.2, 0.25) is 0 Å². The first kappa shape index (κ1) is 19.2. The van der Waals surface area contributed by atoms with Crippen LogP contribution in [0.15, 0.2) is 60.7 Å². The monoisotopic (exact) mass is 352 g/mol. The molecule has 2 aromatic carbocycles. The standard InChI is InChI=1S/C22H24O4/c1-23-19-15-9-13-17(21(19)25-3)11-7-5-6-8-12-18-14-10-16-20(24-2)22(18)26-4/h5-16H,1-4H3/b6-5+,11-7+,12-8+. The van der Waals surface area contributed by atoms with Crippen LogP contribution in [0.4, 0.5) is 0 Å². The third-order valence-electron chi connectivity index (χ3n) is 3.75. The lowest BCUT2D eigenvalue weighted by Crippen LogP contribution is -1.92. The van der Waals surface area contributed by atoms with Gasteiger partial charge in [-0.25, -0.2) is 0 Å². The highest BCUT2D eigenvalue weighted by atomic mass is 16.5. The highest BCUT2D eigenvalue weighted by Gasteiger charge is 2.06. The quantitative estimate of drug-likeness (QED) is 0.626. The number of allylic oxidation sites excluding steroid dienone is 4. The van der Waals surface area contributed by atoms with E-state index in [9.17, 15) is 0 Å². The van der Waals surface area contributed by atoms with Crippen molar-refractivity contribution in [3.63, 3.8) is 0 Å². The molecule has 0 atom stereocenters. The lowest BCUT2D eigenvalue weighted by molar-refractivity contribution is 0.354.